The van der Waals surface area contributed by atoms with Gasteiger partial charge in [0.1, 0.15) is 11.0 Å². The van der Waals surface area contributed by atoms with Gasteiger partial charge in [0, 0.05) is 24.7 Å². The van der Waals surface area contributed by atoms with E-state index in [2.05, 4.69) is 22.6 Å². The van der Waals surface area contributed by atoms with Gasteiger partial charge in [0.05, 0.1) is 4.90 Å². The van der Waals surface area contributed by atoms with E-state index >= 15 is 0 Å². The average Bonchev–Trinajstić information content (AvgIpc) is 3.18. The minimum Gasteiger partial charge on any atom is -0.385 e. The zero-order chi connectivity index (χ0) is 22.7. The fraction of sp³-hybridized carbons (Fsp3) is 0.381. The molecule has 4 rings (SSSR count). The topological polar surface area (TPSA) is 106 Å². The van der Waals surface area contributed by atoms with Crippen LogP contribution in [-0.4, -0.2) is 53.5 Å². The second-order valence-electron chi connectivity index (χ2n) is 7.90. The van der Waals surface area contributed by atoms with Gasteiger partial charge in [-0.3, -0.25) is 4.79 Å². The van der Waals surface area contributed by atoms with Crippen molar-refractivity contribution in [1.29, 1.82) is 0 Å². The van der Waals surface area contributed by atoms with Crippen LogP contribution in [0.4, 0.5) is 0 Å². The summed E-state index contributed by atoms with van der Waals surface area (Å²) in [6.07, 6.45) is 1.87. The Labute approximate surface area is 191 Å². The second kappa shape index (κ2) is 9.43. The number of sulfonamides is 1. The molecule has 1 N–H and O–H groups in total. The Morgan fingerprint density at radius 2 is 2.12 bits per heavy atom. The van der Waals surface area contributed by atoms with Crippen molar-refractivity contribution >= 4 is 38.6 Å². The van der Waals surface area contributed by atoms with E-state index in [1.165, 1.54) is 16.4 Å². The summed E-state index contributed by atoms with van der Waals surface area (Å²) in [6.45, 7) is 3.05. The molecule has 0 radical (unpaired) electrons. The molecule has 1 unspecified atom stereocenters. The molecule has 2 heterocycles. The van der Waals surface area contributed by atoms with Crippen molar-refractivity contribution in [2.75, 3.05) is 19.7 Å². The average molecular weight is 478 g/mol. The molecule has 0 aliphatic carbocycles. The fourth-order valence-corrected chi connectivity index (χ4v) is 5.50. The van der Waals surface area contributed by atoms with E-state index in [0.29, 0.717) is 41.6 Å². The standard InChI is InChI=1S/C21H24ClN5O4S/c1-15-4-3-9-26(13-15)32(29,30)18-7-8-19-20(11-18)27(25-24-19)31-14-21(28)23-12-16-5-2-6-17(22)10-16/h2,5-8,10-11,15H,3-4,9,12-14H2,1H3,(H,23,28). The highest BCUT2D eigenvalue weighted by Crippen LogP contribution is 2.25. The molecule has 9 nitrogen and oxygen atoms in total. The zero-order valence-electron chi connectivity index (χ0n) is 17.6. The molecule has 1 atom stereocenters. The fourth-order valence-electron chi connectivity index (χ4n) is 3.67. The molecule has 170 valence electrons. The number of carbonyl (C=O) groups is 1. The van der Waals surface area contributed by atoms with E-state index in [1.54, 1.807) is 24.3 Å². The van der Waals surface area contributed by atoms with Gasteiger partial charge in [0.25, 0.3) is 5.91 Å². The molecule has 0 saturated carbocycles. The Hall–Kier alpha value is -2.69. The first-order chi connectivity index (χ1) is 15.3. The third kappa shape index (κ3) is 5.03. The van der Waals surface area contributed by atoms with Gasteiger partial charge in [-0.05, 0) is 59.9 Å². The number of rotatable bonds is 7. The van der Waals surface area contributed by atoms with Gasteiger partial charge in [-0.1, -0.05) is 35.5 Å². The molecular formula is C21H24ClN5O4S. The van der Waals surface area contributed by atoms with Crippen LogP contribution in [0, 0.1) is 5.92 Å². The Kier molecular flexibility index (Phi) is 6.63. The third-order valence-electron chi connectivity index (χ3n) is 5.34. The van der Waals surface area contributed by atoms with E-state index < -0.39 is 10.0 Å². The van der Waals surface area contributed by atoms with Crippen LogP contribution in [0.25, 0.3) is 11.0 Å². The van der Waals surface area contributed by atoms with E-state index in [1.807, 2.05) is 6.07 Å². The van der Waals surface area contributed by atoms with Gasteiger partial charge in [-0.2, -0.15) is 4.31 Å². The van der Waals surface area contributed by atoms with Crippen molar-refractivity contribution in [3.8, 4) is 0 Å². The van der Waals surface area contributed by atoms with Crippen molar-refractivity contribution in [1.82, 2.24) is 24.8 Å². The summed E-state index contributed by atoms with van der Waals surface area (Å²) >= 11 is 5.94. The summed E-state index contributed by atoms with van der Waals surface area (Å²) < 4.78 is 27.7. The predicted molar refractivity (Wildman–Crippen MR) is 119 cm³/mol. The molecule has 0 bridgehead atoms. The van der Waals surface area contributed by atoms with Crippen molar-refractivity contribution in [3.63, 3.8) is 0 Å². The van der Waals surface area contributed by atoms with Gasteiger partial charge in [-0.15, -0.1) is 5.10 Å². The van der Waals surface area contributed by atoms with E-state index in [9.17, 15) is 13.2 Å². The monoisotopic (exact) mass is 477 g/mol. The number of fused-ring (bicyclic) bond motifs is 1. The van der Waals surface area contributed by atoms with Crippen molar-refractivity contribution in [3.05, 3.63) is 53.1 Å². The van der Waals surface area contributed by atoms with Crippen LogP contribution in [0.2, 0.25) is 5.02 Å². The smallest absolute Gasteiger partial charge is 0.261 e. The van der Waals surface area contributed by atoms with Crippen molar-refractivity contribution < 1.29 is 18.0 Å². The minimum atomic E-state index is -3.64. The zero-order valence-corrected chi connectivity index (χ0v) is 19.1. The Bertz CT molecular complexity index is 1230. The van der Waals surface area contributed by atoms with Gasteiger partial charge in [0.2, 0.25) is 10.0 Å². The number of hydrogen-bond acceptors (Lipinski definition) is 6. The molecule has 11 heteroatoms. The van der Waals surface area contributed by atoms with Crippen molar-refractivity contribution in [2.24, 2.45) is 5.92 Å². The summed E-state index contributed by atoms with van der Waals surface area (Å²) in [5.41, 5.74) is 1.70. The first-order valence-electron chi connectivity index (χ1n) is 10.3. The molecule has 2 aromatic carbocycles. The Balaban J connectivity index is 1.44. The van der Waals surface area contributed by atoms with Crippen LogP contribution in [0.3, 0.4) is 0 Å². The van der Waals surface area contributed by atoms with Gasteiger partial charge >= 0.3 is 0 Å². The lowest BCUT2D eigenvalue weighted by Crippen LogP contribution is -2.39. The number of nitrogens with zero attached hydrogens (tertiary/aromatic N) is 4. The molecule has 32 heavy (non-hydrogen) atoms. The van der Waals surface area contributed by atoms with Crippen LogP contribution >= 0.6 is 11.6 Å². The molecule has 1 aromatic heterocycles. The molecule has 1 fully saturated rings. The van der Waals surface area contributed by atoms with Crippen LogP contribution in [-0.2, 0) is 21.4 Å². The quantitative estimate of drug-likeness (QED) is 0.559. The van der Waals surface area contributed by atoms with E-state index in [0.717, 1.165) is 23.3 Å². The lowest BCUT2D eigenvalue weighted by atomic mass is 10.0. The summed E-state index contributed by atoms with van der Waals surface area (Å²) in [6, 6.07) is 11.8. The normalized spacial score (nSPS) is 17.4. The first kappa shape index (κ1) is 22.5. The Morgan fingerprint density at radius 3 is 2.91 bits per heavy atom. The number of carbonyl (C=O) groups excluding carboxylic acids is 1. The maximum atomic E-state index is 13.1. The minimum absolute atomic E-state index is 0.150. The first-order valence-corrected chi connectivity index (χ1v) is 12.1. The molecule has 1 saturated heterocycles. The summed E-state index contributed by atoms with van der Waals surface area (Å²) in [7, 11) is -3.64. The van der Waals surface area contributed by atoms with Crippen molar-refractivity contribution in [2.45, 2.75) is 31.2 Å². The van der Waals surface area contributed by atoms with E-state index in [-0.39, 0.29) is 17.4 Å². The van der Waals surface area contributed by atoms with E-state index in [4.69, 9.17) is 16.4 Å². The molecule has 0 spiro atoms. The van der Waals surface area contributed by atoms with Gasteiger partial charge in [0.15, 0.2) is 6.61 Å². The van der Waals surface area contributed by atoms with Crippen LogP contribution < -0.4 is 10.2 Å². The number of piperidine rings is 1. The van der Waals surface area contributed by atoms with Gasteiger partial charge in [-0.25, -0.2) is 8.42 Å². The highest BCUT2D eigenvalue weighted by Gasteiger charge is 2.29. The molecule has 1 aliphatic heterocycles. The predicted octanol–water partition coefficient (Wildman–Crippen LogP) is 2.25. The SMILES string of the molecule is CC1CCCN(S(=O)(=O)c2ccc3nnn(OCC(=O)NCc4cccc(Cl)c4)c3c2)C1. The largest absolute Gasteiger partial charge is 0.385 e. The molecular weight excluding hydrogens is 454 g/mol. The van der Waals surface area contributed by atoms with Crippen LogP contribution in [0.1, 0.15) is 25.3 Å². The summed E-state index contributed by atoms with van der Waals surface area (Å²) in [4.78, 5) is 18.8. The number of benzene rings is 2. The number of nitrogens with one attached hydrogen (secondary N) is 1. The van der Waals surface area contributed by atoms with Crippen LogP contribution in [0.15, 0.2) is 47.4 Å². The number of halogens is 1. The molecule has 3 aromatic rings. The lowest BCUT2D eigenvalue weighted by Gasteiger charge is -2.30. The maximum absolute atomic E-state index is 13.1. The molecule has 1 amide bonds. The summed E-state index contributed by atoms with van der Waals surface area (Å²) in [5.74, 6) is -0.0390. The maximum Gasteiger partial charge on any atom is 0.261 e. The highest BCUT2D eigenvalue weighted by atomic mass is 35.5. The number of hydrogen-bond donors (Lipinski definition) is 1. The van der Waals surface area contributed by atoms with Gasteiger partial charge < -0.3 is 10.2 Å². The molecule has 1 aliphatic rings. The van der Waals surface area contributed by atoms with Crippen LogP contribution in [0.5, 0.6) is 0 Å². The number of aromatic nitrogens is 3. The summed E-state index contributed by atoms with van der Waals surface area (Å²) in [5, 5.41) is 11.2. The lowest BCUT2D eigenvalue weighted by molar-refractivity contribution is -0.126. The second-order valence-corrected chi connectivity index (χ2v) is 10.3. The Morgan fingerprint density at radius 1 is 1.28 bits per heavy atom. The third-order valence-corrected chi connectivity index (χ3v) is 7.44. The number of amides is 1. The highest BCUT2D eigenvalue weighted by molar-refractivity contribution is 7.89.